The van der Waals surface area contributed by atoms with Crippen LogP contribution in [-0.2, 0) is 0 Å². The van der Waals surface area contributed by atoms with Gasteiger partial charge in [0.05, 0.1) is 5.52 Å². The molecule has 0 unspecified atom stereocenters. The Kier molecular flexibility index (Phi) is 3.18. The van der Waals surface area contributed by atoms with Gasteiger partial charge in [-0.1, -0.05) is 5.11 Å². The van der Waals surface area contributed by atoms with E-state index in [9.17, 15) is 13.2 Å². The molecule has 0 aliphatic rings. The molecule has 5 nitrogen and oxygen atoms in total. The highest BCUT2D eigenvalue weighted by atomic mass is 19.4. The zero-order valence-corrected chi connectivity index (χ0v) is 9.64. The van der Waals surface area contributed by atoms with E-state index in [1.807, 2.05) is 0 Å². The Hall–Kier alpha value is -2.47. The van der Waals surface area contributed by atoms with Crippen LogP contribution < -0.4 is 4.74 Å². The zero-order valence-electron chi connectivity index (χ0n) is 9.64. The number of alkyl halides is 3. The normalized spacial score (nSPS) is 11.2. The molecule has 98 valence electrons. The van der Waals surface area contributed by atoms with E-state index in [-0.39, 0.29) is 11.4 Å². The Balaban J connectivity index is 2.60. The first-order valence-electron chi connectivity index (χ1n) is 5.11. The largest absolute Gasteiger partial charge is 0.573 e. The molecule has 2 rings (SSSR count). The highest BCUT2D eigenvalue weighted by molar-refractivity contribution is 5.90. The van der Waals surface area contributed by atoms with Gasteiger partial charge in [0, 0.05) is 21.7 Å². The fourth-order valence-electron chi connectivity index (χ4n) is 1.64. The van der Waals surface area contributed by atoms with Crippen LogP contribution in [0.25, 0.3) is 21.3 Å². The minimum Gasteiger partial charge on any atom is -0.406 e. The van der Waals surface area contributed by atoms with Crippen molar-refractivity contribution in [3.63, 3.8) is 0 Å². The quantitative estimate of drug-likeness (QED) is 0.460. The first-order chi connectivity index (χ1) is 8.89. The number of aromatic nitrogens is 1. The maximum atomic E-state index is 12.1. The molecule has 0 N–H and O–H groups in total. The molecular weight excluding hydrogens is 261 g/mol. The van der Waals surface area contributed by atoms with Gasteiger partial charge in [0.1, 0.15) is 5.75 Å². The smallest absolute Gasteiger partial charge is 0.406 e. The van der Waals surface area contributed by atoms with Crippen molar-refractivity contribution in [1.29, 1.82) is 0 Å². The van der Waals surface area contributed by atoms with Crippen molar-refractivity contribution in [3.05, 3.63) is 40.4 Å². The molecule has 1 aromatic carbocycles. The maximum Gasteiger partial charge on any atom is 0.573 e. The minimum atomic E-state index is -4.77. The lowest BCUT2D eigenvalue weighted by atomic mass is 10.1. The lowest BCUT2D eigenvalue weighted by Gasteiger charge is -2.10. The van der Waals surface area contributed by atoms with E-state index in [4.69, 9.17) is 5.53 Å². The van der Waals surface area contributed by atoms with Crippen LogP contribution in [-0.4, -0.2) is 11.3 Å². The summed E-state index contributed by atoms with van der Waals surface area (Å²) in [6.07, 6.45) is -4.77. The number of aryl methyl sites for hydroxylation is 1. The standard InChI is InChI=1S/C11H7F3N4O/c1-6-4-10(17-18-15)8-5-7(19-11(12,13)14)2-3-9(8)16-6/h2-5H,1H3. The number of halogens is 3. The molecule has 0 saturated heterocycles. The van der Waals surface area contributed by atoms with Crippen LogP contribution in [0.1, 0.15) is 5.69 Å². The number of azide groups is 1. The van der Waals surface area contributed by atoms with Crippen molar-refractivity contribution in [3.8, 4) is 5.75 Å². The second kappa shape index (κ2) is 4.66. The van der Waals surface area contributed by atoms with Gasteiger partial charge in [0.25, 0.3) is 0 Å². The average molecular weight is 268 g/mol. The number of nitrogens with zero attached hydrogens (tertiary/aromatic N) is 4. The number of fused-ring (bicyclic) bond motifs is 1. The number of hydrogen-bond acceptors (Lipinski definition) is 3. The third-order valence-electron chi connectivity index (χ3n) is 2.27. The first-order valence-corrected chi connectivity index (χ1v) is 5.11. The Morgan fingerprint density at radius 1 is 1.32 bits per heavy atom. The predicted octanol–water partition coefficient (Wildman–Crippen LogP) is 4.38. The zero-order chi connectivity index (χ0) is 14.0. The number of hydrogen-bond donors (Lipinski definition) is 0. The van der Waals surface area contributed by atoms with Crippen LogP contribution in [0.3, 0.4) is 0 Å². The molecule has 1 aromatic heterocycles. The van der Waals surface area contributed by atoms with Gasteiger partial charge in [-0.3, -0.25) is 4.98 Å². The summed E-state index contributed by atoms with van der Waals surface area (Å²) >= 11 is 0. The maximum absolute atomic E-state index is 12.1. The summed E-state index contributed by atoms with van der Waals surface area (Å²) in [7, 11) is 0. The molecule has 0 bridgehead atoms. The van der Waals surface area contributed by atoms with Gasteiger partial charge in [-0.25, -0.2) is 0 Å². The van der Waals surface area contributed by atoms with E-state index >= 15 is 0 Å². The summed E-state index contributed by atoms with van der Waals surface area (Å²) in [5.41, 5.74) is 9.68. The monoisotopic (exact) mass is 268 g/mol. The molecule has 2 aromatic rings. The van der Waals surface area contributed by atoms with Gasteiger partial charge < -0.3 is 4.74 Å². The third kappa shape index (κ3) is 3.05. The topological polar surface area (TPSA) is 70.9 Å². The van der Waals surface area contributed by atoms with Crippen LogP contribution in [0.4, 0.5) is 18.9 Å². The average Bonchev–Trinajstić information content (AvgIpc) is 2.28. The van der Waals surface area contributed by atoms with Crippen molar-refractivity contribution in [1.82, 2.24) is 4.98 Å². The van der Waals surface area contributed by atoms with Crippen LogP contribution in [0, 0.1) is 6.92 Å². The summed E-state index contributed by atoms with van der Waals surface area (Å²) in [6, 6.07) is 5.15. The molecular formula is C11H7F3N4O. The lowest BCUT2D eigenvalue weighted by Crippen LogP contribution is -2.17. The van der Waals surface area contributed by atoms with Gasteiger partial charge in [-0.2, -0.15) is 0 Å². The lowest BCUT2D eigenvalue weighted by molar-refractivity contribution is -0.274. The molecule has 8 heteroatoms. The molecule has 1 heterocycles. The summed E-state index contributed by atoms with van der Waals surface area (Å²) in [4.78, 5) is 6.77. The number of ether oxygens (including phenoxy) is 1. The first kappa shape index (κ1) is 13.0. The van der Waals surface area contributed by atoms with E-state index in [1.54, 1.807) is 6.92 Å². The van der Waals surface area contributed by atoms with E-state index in [2.05, 4.69) is 19.7 Å². The van der Waals surface area contributed by atoms with Gasteiger partial charge in [0.15, 0.2) is 0 Å². The fourth-order valence-corrected chi connectivity index (χ4v) is 1.64. The number of rotatable bonds is 2. The van der Waals surface area contributed by atoms with Crippen molar-refractivity contribution >= 4 is 16.6 Å². The van der Waals surface area contributed by atoms with E-state index in [0.717, 1.165) is 12.1 Å². The Morgan fingerprint density at radius 2 is 2.05 bits per heavy atom. The summed E-state index contributed by atoms with van der Waals surface area (Å²) in [6.45, 7) is 1.69. The fraction of sp³-hybridized carbons (Fsp3) is 0.182. The highest BCUT2D eigenvalue weighted by Gasteiger charge is 2.31. The van der Waals surface area contributed by atoms with Crippen molar-refractivity contribution in [2.24, 2.45) is 5.11 Å². The second-order valence-corrected chi connectivity index (χ2v) is 3.70. The Labute approximate surface area is 105 Å². The SMILES string of the molecule is Cc1cc(N=[N+]=[N-])c2cc(OC(F)(F)F)ccc2n1. The van der Waals surface area contributed by atoms with Gasteiger partial charge in [-0.05, 0) is 36.7 Å². The number of pyridine rings is 1. The highest BCUT2D eigenvalue weighted by Crippen LogP contribution is 2.31. The predicted molar refractivity (Wildman–Crippen MR) is 62.0 cm³/mol. The molecule has 0 radical (unpaired) electrons. The van der Waals surface area contributed by atoms with Crippen molar-refractivity contribution < 1.29 is 17.9 Å². The molecule has 0 aliphatic carbocycles. The van der Waals surface area contributed by atoms with Crippen LogP contribution in [0.15, 0.2) is 29.4 Å². The van der Waals surface area contributed by atoms with Gasteiger partial charge in [0.2, 0.25) is 0 Å². The van der Waals surface area contributed by atoms with E-state index in [1.165, 1.54) is 12.1 Å². The second-order valence-electron chi connectivity index (χ2n) is 3.70. The summed E-state index contributed by atoms with van der Waals surface area (Å²) < 4.78 is 40.2. The summed E-state index contributed by atoms with van der Waals surface area (Å²) in [5, 5.41) is 3.73. The van der Waals surface area contributed by atoms with Gasteiger partial charge in [-0.15, -0.1) is 13.2 Å². The molecule has 0 spiro atoms. The molecule has 0 atom stereocenters. The van der Waals surface area contributed by atoms with E-state index < -0.39 is 6.36 Å². The minimum absolute atomic E-state index is 0.206. The van der Waals surface area contributed by atoms with Crippen LogP contribution in [0.5, 0.6) is 5.75 Å². The third-order valence-corrected chi connectivity index (χ3v) is 2.27. The molecule has 0 saturated carbocycles. The van der Waals surface area contributed by atoms with Gasteiger partial charge >= 0.3 is 6.36 Å². The Bertz CT molecular complexity index is 677. The van der Waals surface area contributed by atoms with Crippen LogP contribution >= 0.6 is 0 Å². The summed E-state index contributed by atoms with van der Waals surface area (Å²) in [5.74, 6) is -0.389. The van der Waals surface area contributed by atoms with Crippen molar-refractivity contribution in [2.45, 2.75) is 13.3 Å². The molecule has 19 heavy (non-hydrogen) atoms. The van der Waals surface area contributed by atoms with E-state index in [0.29, 0.717) is 16.6 Å². The Morgan fingerprint density at radius 3 is 2.68 bits per heavy atom. The number of benzene rings is 1. The van der Waals surface area contributed by atoms with Crippen molar-refractivity contribution in [2.75, 3.05) is 0 Å². The molecule has 0 amide bonds. The van der Waals surface area contributed by atoms with Crippen LogP contribution in [0.2, 0.25) is 0 Å². The molecule has 0 aliphatic heterocycles. The molecule has 0 fully saturated rings.